The van der Waals surface area contributed by atoms with E-state index < -0.39 is 17.5 Å². The number of allylic oxidation sites excluding steroid dienone is 2. The Kier molecular flexibility index (Phi) is 6.23. The fourth-order valence-electron chi connectivity index (χ4n) is 4.20. The molecule has 0 radical (unpaired) electrons. The van der Waals surface area contributed by atoms with Crippen molar-refractivity contribution in [3.05, 3.63) is 22.4 Å². The molecular formula is C19H28BrNO4. The van der Waals surface area contributed by atoms with E-state index in [4.69, 9.17) is 9.47 Å². The summed E-state index contributed by atoms with van der Waals surface area (Å²) in [5.74, 6) is 0.220. The number of likely N-dealkylation sites (tertiary alicyclic amines) is 1. The molecule has 1 N–H and O–H groups in total. The predicted octanol–water partition coefficient (Wildman–Crippen LogP) is 3.55. The van der Waals surface area contributed by atoms with Crippen LogP contribution >= 0.6 is 15.9 Å². The topological polar surface area (TPSA) is 59.0 Å². The molecule has 2 unspecified atom stereocenters. The van der Waals surface area contributed by atoms with Gasteiger partial charge in [0, 0.05) is 4.48 Å². The molecule has 0 aromatic carbocycles. The summed E-state index contributed by atoms with van der Waals surface area (Å²) in [6.07, 6.45) is 8.31. The van der Waals surface area contributed by atoms with Gasteiger partial charge in [-0.2, -0.15) is 0 Å². The average molecular weight is 414 g/mol. The van der Waals surface area contributed by atoms with Crippen LogP contribution in [0.1, 0.15) is 39.0 Å². The highest BCUT2D eigenvalue weighted by molar-refractivity contribution is 9.11. The molecule has 6 heteroatoms. The number of hydrogen-bond donors (Lipinski definition) is 1. The van der Waals surface area contributed by atoms with Crippen molar-refractivity contribution in [1.82, 2.24) is 4.90 Å². The maximum Gasteiger partial charge on any atom is 0.316 e. The van der Waals surface area contributed by atoms with Crippen molar-refractivity contribution in [2.24, 2.45) is 11.3 Å². The fourth-order valence-corrected chi connectivity index (χ4v) is 4.84. The van der Waals surface area contributed by atoms with Gasteiger partial charge < -0.3 is 19.5 Å². The molecule has 3 aliphatic rings. The molecule has 0 bridgehead atoms. The van der Waals surface area contributed by atoms with Gasteiger partial charge in [0.1, 0.15) is 23.9 Å². The number of carboxylic acids is 1. The van der Waals surface area contributed by atoms with Crippen LogP contribution in [-0.4, -0.2) is 54.9 Å². The number of ether oxygens (including phenoxy) is 2. The average Bonchev–Trinajstić information content (AvgIpc) is 2.60. The van der Waals surface area contributed by atoms with Crippen molar-refractivity contribution in [2.45, 2.75) is 45.1 Å². The lowest BCUT2D eigenvalue weighted by atomic mass is 9.70. The molecule has 1 aliphatic carbocycles. The zero-order valence-electron chi connectivity index (χ0n) is 14.9. The Labute approximate surface area is 158 Å². The van der Waals surface area contributed by atoms with E-state index >= 15 is 0 Å². The van der Waals surface area contributed by atoms with E-state index in [9.17, 15) is 9.90 Å². The second-order valence-electron chi connectivity index (χ2n) is 7.36. The van der Waals surface area contributed by atoms with Crippen molar-refractivity contribution < 1.29 is 19.4 Å². The normalized spacial score (nSPS) is 30.9. The van der Waals surface area contributed by atoms with Gasteiger partial charge in [-0.15, -0.1) is 0 Å². The van der Waals surface area contributed by atoms with Crippen molar-refractivity contribution in [3.63, 3.8) is 0 Å². The summed E-state index contributed by atoms with van der Waals surface area (Å²) in [5, 5.41) is 10.1. The van der Waals surface area contributed by atoms with Gasteiger partial charge in [0.15, 0.2) is 0 Å². The van der Waals surface area contributed by atoms with Crippen LogP contribution in [-0.2, 0) is 14.3 Å². The van der Waals surface area contributed by atoms with Gasteiger partial charge in [-0.05, 0) is 63.4 Å². The molecule has 25 heavy (non-hydrogen) atoms. The molecule has 2 aliphatic heterocycles. The molecule has 140 valence electrons. The molecule has 2 saturated heterocycles. The summed E-state index contributed by atoms with van der Waals surface area (Å²) in [7, 11) is 0. The maximum atomic E-state index is 12.3. The summed E-state index contributed by atoms with van der Waals surface area (Å²) in [5.41, 5.74) is -1.04. The molecule has 5 nitrogen and oxygen atoms in total. The molecular weight excluding hydrogens is 386 g/mol. The number of aliphatic carboxylic acids is 1. The first kappa shape index (κ1) is 18.9. The Hall–Kier alpha value is -0.850. The van der Waals surface area contributed by atoms with Gasteiger partial charge in [-0.25, -0.2) is 0 Å². The second kappa shape index (κ2) is 8.23. The molecule has 0 amide bonds. The summed E-state index contributed by atoms with van der Waals surface area (Å²) < 4.78 is 12.3. The standard InChI is InChI=1S/C19H28BrNO4/c1-2-3-6-21-7-4-14(5-8-21)12-19(18(22)23)13-15(20)11-16-17(19)25-10-9-24-16/h11,13-14,17H,2-10,12H2,1H3,(H,22,23). The number of hydrogen-bond acceptors (Lipinski definition) is 4. The summed E-state index contributed by atoms with van der Waals surface area (Å²) >= 11 is 3.47. The van der Waals surface area contributed by atoms with Crippen molar-refractivity contribution in [3.8, 4) is 0 Å². The number of fused-ring (bicyclic) bond motifs is 1. The van der Waals surface area contributed by atoms with E-state index in [1.54, 1.807) is 0 Å². The van der Waals surface area contributed by atoms with Gasteiger partial charge in [0.05, 0.1) is 6.61 Å². The van der Waals surface area contributed by atoms with Crippen LogP contribution in [0.15, 0.2) is 22.4 Å². The van der Waals surface area contributed by atoms with Crippen LogP contribution in [0.4, 0.5) is 0 Å². The van der Waals surface area contributed by atoms with Gasteiger partial charge in [0.25, 0.3) is 0 Å². The lowest BCUT2D eigenvalue weighted by molar-refractivity contribution is -0.163. The Morgan fingerprint density at radius 2 is 2.16 bits per heavy atom. The van der Waals surface area contributed by atoms with Gasteiger partial charge in [-0.1, -0.05) is 29.3 Å². The Morgan fingerprint density at radius 3 is 2.84 bits per heavy atom. The molecule has 3 rings (SSSR count). The lowest BCUT2D eigenvalue weighted by Gasteiger charge is -2.43. The van der Waals surface area contributed by atoms with Crippen molar-refractivity contribution in [2.75, 3.05) is 32.8 Å². The monoisotopic (exact) mass is 413 g/mol. The minimum Gasteiger partial charge on any atom is -0.493 e. The van der Waals surface area contributed by atoms with Crippen LogP contribution in [0.2, 0.25) is 0 Å². The number of halogens is 1. The second-order valence-corrected chi connectivity index (χ2v) is 8.28. The summed E-state index contributed by atoms with van der Waals surface area (Å²) in [6.45, 7) is 6.43. The summed E-state index contributed by atoms with van der Waals surface area (Å²) in [4.78, 5) is 14.8. The Bertz CT molecular complexity index is 554. The van der Waals surface area contributed by atoms with Crippen LogP contribution in [0.5, 0.6) is 0 Å². The fraction of sp³-hybridized carbons (Fsp3) is 0.737. The first-order valence-corrected chi connectivity index (χ1v) is 10.1. The minimum absolute atomic E-state index is 0.399. The van der Waals surface area contributed by atoms with Gasteiger partial charge in [0.2, 0.25) is 0 Å². The third-order valence-corrected chi connectivity index (χ3v) is 6.06. The Morgan fingerprint density at radius 1 is 1.40 bits per heavy atom. The van der Waals surface area contributed by atoms with E-state index in [0.29, 0.717) is 31.3 Å². The number of unbranched alkanes of at least 4 members (excludes halogenated alkanes) is 1. The van der Waals surface area contributed by atoms with E-state index in [0.717, 1.165) is 37.0 Å². The molecule has 0 aromatic heterocycles. The first-order valence-electron chi connectivity index (χ1n) is 9.35. The van der Waals surface area contributed by atoms with E-state index in [1.807, 2.05) is 12.2 Å². The predicted molar refractivity (Wildman–Crippen MR) is 99.5 cm³/mol. The zero-order chi connectivity index (χ0) is 17.9. The van der Waals surface area contributed by atoms with Crippen LogP contribution in [0, 0.1) is 11.3 Å². The molecule has 2 fully saturated rings. The number of rotatable bonds is 6. The number of piperidine rings is 1. The molecule has 2 atom stereocenters. The van der Waals surface area contributed by atoms with Crippen molar-refractivity contribution >= 4 is 21.9 Å². The lowest BCUT2D eigenvalue weighted by Crippen LogP contribution is -2.50. The maximum absolute atomic E-state index is 12.3. The third-order valence-electron chi connectivity index (χ3n) is 5.60. The zero-order valence-corrected chi connectivity index (χ0v) is 16.5. The smallest absolute Gasteiger partial charge is 0.316 e. The first-order chi connectivity index (χ1) is 12.0. The third kappa shape index (κ3) is 4.12. The van der Waals surface area contributed by atoms with Crippen LogP contribution in [0.3, 0.4) is 0 Å². The summed E-state index contributed by atoms with van der Waals surface area (Å²) in [6, 6.07) is 0. The highest BCUT2D eigenvalue weighted by atomic mass is 79.9. The molecule has 0 saturated carbocycles. The van der Waals surface area contributed by atoms with Crippen LogP contribution < -0.4 is 0 Å². The minimum atomic E-state index is -1.04. The highest BCUT2D eigenvalue weighted by Gasteiger charge is 2.51. The number of carboxylic acid groups (broad SMARTS) is 1. The molecule has 2 heterocycles. The van der Waals surface area contributed by atoms with E-state index in [2.05, 4.69) is 27.8 Å². The molecule has 0 spiro atoms. The van der Waals surface area contributed by atoms with Crippen molar-refractivity contribution in [1.29, 1.82) is 0 Å². The molecule has 0 aromatic rings. The van der Waals surface area contributed by atoms with Crippen LogP contribution in [0.25, 0.3) is 0 Å². The number of nitrogens with zero attached hydrogens (tertiary/aromatic N) is 1. The van der Waals surface area contributed by atoms with E-state index in [-0.39, 0.29) is 0 Å². The van der Waals surface area contributed by atoms with E-state index in [1.165, 1.54) is 12.8 Å². The highest BCUT2D eigenvalue weighted by Crippen LogP contribution is 2.46. The Balaban J connectivity index is 1.71. The quantitative estimate of drug-likeness (QED) is 0.721. The SMILES string of the molecule is CCCCN1CCC(CC2(C(=O)O)C=C(Br)C=C3OCCOC32)CC1. The van der Waals surface area contributed by atoms with Gasteiger partial charge >= 0.3 is 5.97 Å². The largest absolute Gasteiger partial charge is 0.493 e. The number of carbonyl (C=O) groups is 1. The van der Waals surface area contributed by atoms with Gasteiger partial charge in [-0.3, -0.25) is 4.79 Å².